The molecule has 0 aliphatic heterocycles. The van der Waals surface area contributed by atoms with Crippen molar-refractivity contribution in [2.45, 2.75) is 23.2 Å². The van der Waals surface area contributed by atoms with Crippen LogP contribution in [0.1, 0.15) is 18.4 Å². The summed E-state index contributed by atoms with van der Waals surface area (Å²) >= 11 is 1.73. The number of rotatable bonds is 2. The van der Waals surface area contributed by atoms with Gasteiger partial charge in [-0.2, -0.15) is 5.26 Å². The van der Waals surface area contributed by atoms with Crippen molar-refractivity contribution in [3.63, 3.8) is 0 Å². The summed E-state index contributed by atoms with van der Waals surface area (Å²) in [5.74, 6) is 0. The summed E-state index contributed by atoms with van der Waals surface area (Å²) in [5.41, 5.74) is 1.06. The molecular formula is C11H11NS. The monoisotopic (exact) mass is 189 g/mol. The van der Waals surface area contributed by atoms with Gasteiger partial charge in [0.25, 0.3) is 0 Å². The molecule has 0 spiro atoms. The van der Waals surface area contributed by atoms with Gasteiger partial charge < -0.3 is 0 Å². The highest BCUT2D eigenvalue weighted by molar-refractivity contribution is 7.98. The van der Waals surface area contributed by atoms with Gasteiger partial charge in [-0.3, -0.25) is 0 Å². The minimum Gasteiger partial charge on any atom is -0.197 e. The zero-order valence-electron chi connectivity index (χ0n) is 7.58. The smallest absolute Gasteiger partial charge is 0.0824 e. The Hall–Kier alpha value is -0.940. The topological polar surface area (TPSA) is 23.8 Å². The molecule has 1 aliphatic carbocycles. The van der Waals surface area contributed by atoms with Crippen LogP contribution in [0.2, 0.25) is 0 Å². The highest BCUT2D eigenvalue weighted by atomic mass is 32.2. The Morgan fingerprint density at radius 3 is 2.77 bits per heavy atom. The predicted octanol–water partition coefficient (Wildman–Crippen LogP) is 2.96. The maximum Gasteiger partial charge on any atom is 0.0824 e. The molecule has 0 atom stereocenters. The lowest BCUT2D eigenvalue weighted by Gasteiger charge is -2.06. The van der Waals surface area contributed by atoms with E-state index >= 15 is 0 Å². The van der Waals surface area contributed by atoms with E-state index < -0.39 is 0 Å². The first kappa shape index (κ1) is 8.65. The molecule has 1 aromatic carbocycles. The van der Waals surface area contributed by atoms with E-state index in [1.807, 2.05) is 6.07 Å². The summed E-state index contributed by atoms with van der Waals surface area (Å²) in [7, 11) is 0. The van der Waals surface area contributed by atoms with Crippen molar-refractivity contribution in [1.29, 1.82) is 5.26 Å². The van der Waals surface area contributed by atoms with Crippen LogP contribution in [-0.4, -0.2) is 6.26 Å². The molecule has 1 nitrogen and oxygen atoms in total. The third-order valence-corrected chi connectivity index (χ3v) is 3.31. The SMILES string of the molecule is CSc1cccc(C2(C#N)CC2)c1. The Labute approximate surface area is 82.8 Å². The van der Waals surface area contributed by atoms with Crippen LogP contribution in [-0.2, 0) is 5.41 Å². The Morgan fingerprint density at radius 2 is 2.23 bits per heavy atom. The number of nitrogens with zero attached hydrogens (tertiary/aromatic N) is 1. The van der Waals surface area contributed by atoms with Crippen molar-refractivity contribution in [3.05, 3.63) is 29.8 Å². The maximum atomic E-state index is 9.02. The third kappa shape index (κ3) is 1.45. The zero-order chi connectivity index (χ0) is 9.31. The van der Waals surface area contributed by atoms with Gasteiger partial charge in [0.05, 0.1) is 11.5 Å². The lowest BCUT2D eigenvalue weighted by atomic mass is 9.98. The van der Waals surface area contributed by atoms with Crippen molar-refractivity contribution in [2.75, 3.05) is 6.26 Å². The van der Waals surface area contributed by atoms with Gasteiger partial charge in [0.2, 0.25) is 0 Å². The van der Waals surface area contributed by atoms with E-state index in [2.05, 4.69) is 30.5 Å². The minimum absolute atomic E-state index is 0.133. The Bertz CT molecular complexity index is 361. The summed E-state index contributed by atoms with van der Waals surface area (Å²) in [6.07, 6.45) is 4.12. The Balaban J connectivity index is 2.37. The molecular weight excluding hydrogens is 178 g/mol. The first-order chi connectivity index (χ1) is 6.30. The van der Waals surface area contributed by atoms with E-state index in [0.29, 0.717) is 0 Å². The summed E-state index contributed by atoms with van der Waals surface area (Å²) < 4.78 is 0. The molecule has 0 unspecified atom stereocenters. The fourth-order valence-electron chi connectivity index (χ4n) is 1.51. The second kappa shape index (κ2) is 3.08. The van der Waals surface area contributed by atoms with Gasteiger partial charge in [-0.25, -0.2) is 0 Å². The van der Waals surface area contributed by atoms with Crippen LogP contribution in [0.15, 0.2) is 29.2 Å². The highest BCUT2D eigenvalue weighted by Crippen LogP contribution is 2.47. The molecule has 1 saturated carbocycles. The number of hydrogen-bond donors (Lipinski definition) is 0. The Kier molecular flexibility index (Phi) is 2.05. The molecule has 0 saturated heterocycles. The van der Waals surface area contributed by atoms with Crippen molar-refractivity contribution < 1.29 is 0 Å². The fourth-order valence-corrected chi connectivity index (χ4v) is 1.97. The third-order valence-electron chi connectivity index (χ3n) is 2.59. The van der Waals surface area contributed by atoms with Crippen LogP contribution in [0.3, 0.4) is 0 Å². The van der Waals surface area contributed by atoms with Gasteiger partial charge in [0, 0.05) is 4.90 Å². The number of benzene rings is 1. The van der Waals surface area contributed by atoms with Crippen molar-refractivity contribution >= 4 is 11.8 Å². The van der Waals surface area contributed by atoms with Crippen LogP contribution < -0.4 is 0 Å². The summed E-state index contributed by atoms with van der Waals surface area (Å²) in [6.45, 7) is 0. The normalized spacial score (nSPS) is 17.8. The van der Waals surface area contributed by atoms with E-state index in [1.54, 1.807) is 11.8 Å². The van der Waals surface area contributed by atoms with E-state index in [4.69, 9.17) is 5.26 Å². The van der Waals surface area contributed by atoms with Crippen LogP contribution >= 0.6 is 11.8 Å². The molecule has 1 aromatic rings. The predicted molar refractivity (Wildman–Crippen MR) is 54.7 cm³/mol. The summed E-state index contributed by atoms with van der Waals surface area (Å²) in [6, 6.07) is 10.7. The molecule has 0 heterocycles. The van der Waals surface area contributed by atoms with Gasteiger partial charge >= 0.3 is 0 Å². The van der Waals surface area contributed by atoms with Crippen LogP contribution in [0.25, 0.3) is 0 Å². The molecule has 0 amide bonds. The average Bonchev–Trinajstić information content (AvgIpc) is 2.99. The zero-order valence-corrected chi connectivity index (χ0v) is 8.40. The first-order valence-electron chi connectivity index (χ1n) is 4.36. The molecule has 66 valence electrons. The van der Waals surface area contributed by atoms with Crippen molar-refractivity contribution in [2.24, 2.45) is 0 Å². The number of nitriles is 1. The number of hydrogen-bond acceptors (Lipinski definition) is 2. The second-order valence-corrected chi connectivity index (χ2v) is 4.31. The standard InChI is InChI=1S/C11H11NS/c1-13-10-4-2-3-9(7-10)11(8-12)5-6-11/h2-4,7H,5-6H2,1H3. The molecule has 13 heavy (non-hydrogen) atoms. The van der Waals surface area contributed by atoms with Crippen molar-refractivity contribution in [3.8, 4) is 6.07 Å². The Morgan fingerprint density at radius 1 is 1.46 bits per heavy atom. The van der Waals surface area contributed by atoms with E-state index in [0.717, 1.165) is 12.8 Å². The quantitative estimate of drug-likeness (QED) is 0.668. The molecule has 1 fully saturated rings. The van der Waals surface area contributed by atoms with Crippen LogP contribution in [0.5, 0.6) is 0 Å². The highest BCUT2D eigenvalue weighted by Gasteiger charge is 2.44. The first-order valence-corrected chi connectivity index (χ1v) is 5.59. The summed E-state index contributed by atoms with van der Waals surface area (Å²) in [4.78, 5) is 1.25. The minimum atomic E-state index is -0.133. The number of thioether (sulfide) groups is 1. The van der Waals surface area contributed by atoms with E-state index in [9.17, 15) is 0 Å². The second-order valence-electron chi connectivity index (χ2n) is 3.43. The lowest BCUT2D eigenvalue weighted by Crippen LogP contribution is -2.01. The average molecular weight is 189 g/mol. The molecule has 0 aromatic heterocycles. The molecule has 2 heteroatoms. The molecule has 0 radical (unpaired) electrons. The molecule has 0 N–H and O–H groups in total. The van der Waals surface area contributed by atoms with Crippen LogP contribution in [0, 0.1) is 11.3 Å². The van der Waals surface area contributed by atoms with Gasteiger partial charge in [-0.05, 0) is 36.8 Å². The van der Waals surface area contributed by atoms with Gasteiger partial charge in [0.15, 0.2) is 0 Å². The summed E-state index contributed by atoms with van der Waals surface area (Å²) in [5, 5.41) is 9.02. The van der Waals surface area contributed by atoms with E-state index in [-0.39, 0.29) is 5.41 Å². The largest absolute Gasteiger partial charge is 0.197 e. The van der Waals surface area contributed by atoms with E-state index in [1.165, 1.54) is 10.5 Å². The van der Waals surface area contributed by atoms with Gasteiger partial charge in [-0.15, -0.1) is 11.8 Å². The molecule has 1 aliphatic rings. The van der Waals surface area contributed by atoms with Crippen LogP contribution in [0.4, 0.5) is 0 Å². The maximum absolute atomic E-state index is 9.02. The lowest BCUT2D eigenvalue weighted by molar-refractivity contribution is 0.903. The van der Waals surface area contributed by atoms with Gasteiger partial charge in [-0.1, -0.05) is 12.1 Å². The van der Waals surface area contributed by atoms with Gasteiger partial charge in [0.1, 0.15) is 0 Å². The molecule has 2 rings (SSSR count). The van der Waals surface area contributed by atoms with Crippen molar-refractivity contribution in [1.82, 2.24) is 0 Å². The molecule has 0 bridgehead atoms. The fraction of sp³-hybridized carbons (Fsp3) is 0.364.